The molecule has 1 fully saturated rings. The average Bonchev–Trinajstić information content (AvgIpc) is 3.09. The maximum absolute atomic E-state index is 11.9. The van der Waals surface area contributed by atoms with Gasteiger partial charge in [0.15, 0.2) is 0 Å². The molecule has 5 nitrogen and oxygen atoms in total. The lowest BCUT2D eigenvalue weighted by Crippen LogP contribution is -2.23. The van der Waals surface area contributed by atoms with Crippen LogP contribution >= 0.6 is 0 Å². The highest BCUT2D eigenvalue weighted by Crippen LogP contribution is 2.35. The Labute approximate surface area is 151 Å². The van der Waals surface area contributed by atoms with Crippen LogP contribution in [0.2, 0.25) is 0 Å². The van der Waals surface area contributed by atoms with E-state index in [1.54, 1.807) is 25.3 Å². The summed E-state index contributed by atoms with van der Waals surface area (Å²) in [6, 6.07) is 15.0. The van der Waals surface area contributed by atoms with Gasteiger partial charge in [0, 0.05) is 30.1 Å². The molecule has 2 aromatic carbocycles. The fourth-order valence-corrected chi connectivity index (χ4v) is 3.79. The van der Waals surface area contributed by atoms with Gasteiger partial charge in [-0.2, -0.15) is 0 Å². The summed E-state index contributed by atoms with van der Waals surface area (Å²) < 4.78 is 10.5. The number of methoxy groups -OCH3 is 1. The molecule has 1 aromatic heterocycles. The zero-order chi connectivity index (χ0) is 18.1. The Kier molecular flexibility index (Phi) is 4.39. The topological polar surface area (TPSA) is 62.9 Å². The molecule has 0 amide bonds. The van der Waals surface area contributed by atoms with Crippen LogP contribution in [-0.4, -0.2) is 23.7 Å². The number of nitrogens with zero attached hydrogens (tertiary/aromatic N) is 1. The van der Waals surface area contributed by atoms with Crippen molar-refractivity contribution in [1.82, 2.24) is 4.90 Å². The Hall–Kier alpha value is -2.79. The van der Waals surface area contributed by atoms with Gasteiger partial charge in [-0.25, -0.2) is 4.79 Å². The van der Waals surface area contributed by atoms with Crippen LogP contribution in [0.3, 0.4) is 0 Å². The molecule has 0 radical (unpaired) electrons. The first kappa shape index (κ1) is 16.7. The SMILES string of the molecule is COc1ccc(C2CCCN2Cc2cc(=O)oc3cc(O)ccc23)cc1. The van der Waals surface area contributed by atoms with Gasteiger partial charge in [-0.05, 0) is 54.8 Å². The molecule has 3 aromatic rings. The molecular weight excluding hydrogens is 330 g/mol. The van der Waals surface area contributed by atoms with Gasteiger partial charge in [-0.15, -0.1) is 0 Å². The number of phenolic OH excluding ortho intramolecular Hbond substituents is 1. The third-order valence-corrected chi connectivity index (χ3v) is 5.05. The van der Waals surface area contributed by atoms with Crippen LogP contribution in [0.5, 0.6) is 11.5 Å². The minimum atomic E-state index is -0.390. The highest BCUT2D eigenvalue weighted by molar-refractivity contribution is 5.81. The Morgan fingerprint density at radius 3 is 2.77 bits per heavy atom. The molecule has 134 valence electrons. The Morgan fingerprint density at radius 1 is 1.19 bits per heavy atom. The number of likely N-dealkylation sites (tertiary alicyclic amines) is 1. The molecule has 1 aliphatic heterocycles. The van der Waals surface area contributed by atoms with Crippen molar-refractivity contribution < 1.29 is 14.3 Å². The zero-order valence-corrected chi connectivity index (χ0v) is 14.6. The maximum atomic E-state index is 11.9. The van der Waals surface area contributed by atoms with E-state index in [9.17, 15) is 9.90 Å². The van der Waals surface area contributed by atoms with Crippen LogP contribution in [0.25, 0.3) is 11.0 Å². The summed E-state index contributed by atoms with van der Waals surface area (Å²) in [5, 5.41) is 10.5. The molecule has 4 rings (SSSR count). The second-order valence-electron chi connectivity index (χ2n) is 6.67. The van der Waals surface area contributed by atoms with Gasteiger partial charge in [-0.1, -0.05) is 12.1 Å². The summed E-state index contributed by atoms with van der Waals surface area (Å²) >= 11 is 0. The number of aromatic hydroxyl groups is 1. The van der Waals surface area contributed by atoms with Crippen molar-refractivity contribution >= 4 is 11.0 Å². The third-order valence-electron chi connectivity index (χ3n) is 5.05. The van der Waals surface area contributed by atoms with Crippen LogP contribution in [-0.2, 0) is 6.54 Å². The van der Waals surface area contributed by atoms with Crippen molar-refractivity contribution in [2.45, 2.75) is 25.4 Å². The van der Waals surface area contributed by atoms with E-state index in [2.05, 4.69) is 17.0 Å². The summed E-state index contributed by atoms with van der Waals surface area (Å²) in [7, 11) is 1.67. The van der Waals surface area contributed by atoms with E-state index in [4.69, 9.17) is 9.15 Å². The van der Waals surface area contributed by atoms with E-state index in [0.717, 1.165) is 36.1 Å². The van der Waals surface area contributed by atoms with E-state index in [1.807, 2.05) is 12.1 Å². The Bertz CT molecular complexity index is 977. The van der Waals surface area contributed by atoms with Crippen molar-refractivity contribution in [3.05, 3.63) is 70.1 Å². The molecule has 2 heterocycles. The van der Waals surface area contributed by atoms with E-state index >= 15 is 0 Å². The Morgan fingerprint density at radius 2 is 2.00 bits per heavy atom. The lowest BCUT2D eigenvalue weighted by Gasteiger charge is -2.25. The standard InChI is InChI=1S/C21H21NO4/c1-25-17-7-4-14(5-8-17)19-3-2-10-22(19)13-15-11-21(24)26-20-12-16(23)6-9-18(15)20/h4-9,11-12,19,23H,2-3,10,13H2,1H3. The summed E-state index contributed by atoms with van der Waals surface area (Å²) in [6.07, 6.45) is 2.21. The van der Waals surface area contributed by atoms with Gasteiger partial charge in [0.05, 0.1) is 7.11 Å². The average molecular weight is 351 g/mol. The molecule has 0 aliphatic carbocycles. The highest BCUT2D eigenvalue weighted by atomic mass is 16.5. The van der Waals surface area contributed by atoms with Gasteiger partial charge in [0.1, 0.15) is 17.1 Å². The number of hydrogen-bond donors (Lipinski definition) is 1. The van der Waals surface area contributed by atoms with E-state index in [-0.39, 0.29) is 5.75 Å². The quantitative estimate of drug-likeness (QED) is 0.724. The first-order valence-electron chi connectivity index (χ1n) is 8.78. The molecule has 0 bridgehead atoms. The van der Waals surface area contributed by atoms with Crippen LogP contribution < -0.4 is 10.4 Å². The van der Waals surface area contributed by atoms with Crippen molar-refractivity contribution in [3.8, 4) is 11.5 Å². The smallest absolute Gasteiger partial charge is 0.336 e. The number of fused-ring (bicyclic) bond motifs is 1. The second kappa shape index (κ2) is 6.84. The van der Waals surface area contributed by atoms with Gasteiger partial charge in [-0.3, -0.25) is 4.90 Å². The van der Waals surface area contributed by atoms with Crippen molar-refractivity contribution in [2.24, 2.45) is 0 Å². The third kappa shape index (κ3) is 3.18. The summed E-state index contributed by atoms with van der Waals surface area (Å²) in [5.74, 6) is 0.944. The minimum absolute atomic E-state index is 0.0927. The van der Waals surface area contributed by atoms with Gasteiger partial charge < -0.3 is 14.3 Å². The largest absolute Gasteiger partial charge is 0.508 e. The highest BCUT2D eigenvalue weighted by Gasteiger charge is 2.26. The molecule has 1 N–H and O–H groups in total. The molecule has 1 unspecified atom stereocenters. The summed E-state index contributed by atoms with van der Waals surface area (Å²) in [4.78, 5) is 14.3. The van der Waals surface area contributed by atoms with E-state index in [1.165, 1.54) is 11.6 Å². The number of phenols is 1. The lowest BCUT2D eigenvalue weighted by molar-refractivity contribution is 0.249. The monoisotopic (exact) mass is 351 g/mol. The van der Waals surface area contributed by atoms with Crippen molar-refractivity contribution in [3.63, 3.8) is 0 Å². The first-order chi connectivity index (χ1) is 12.6. The molecule has 0 spiro atoms. The van der Waals surface area contributed by atoms with Crippen LogP contribution in [0, 0.1) is 0 Å². The van der Waals surface area contributed by atoms with Crippen molar-refractivity contribution in [1.29, 1.82) is 0 Å². The molecule has 1 atom stereocenters. The maximum Gasteiger partial charge on any atom is 0.336 e. The molecule has 0 saturated carbocycles. The fourth-order valence-electron chi connectivity index (χ4n) is 3.79. The Balaban J connectivity index is 1.65. The molecule has 26 heavy (non-hydrogen) atoms. The molecule has 5 heteroatoms. The number of benzene rings is 2. The summed E-state index contributed by atoms with van der Waals surface area (Å²) in [5.41, 5.74) is 2.22. The number of ether oxygens (including phenoxy) is 1. The normalized spacial score (nSPS) is 17.7. The zero-order valence-electron chi connectivity index (χ0n) is 14.6. The molecular formula is C21H21NO4. The predicted molar refractivity (Wildman–Crippen MR) is 99.5 cm³/mol. The predicted octanol–water partition coefficient (Wildman–Crippen LogP) is 3.84. The number of rotatable bonds is 4. The molecule has 1 saturated heterocycles. The van der Waals surface area contributed by atoms with E-state index < -0.39 is 5.63 Å². The minimum Gasteiger partial charge on any atom is -0.508 e. The lowest BCUT2D eigenvalue weighted by atomic mass is 10.0. The van der Waals surface area contributed by atoms with Gasteiger partial charge >= 0.3 is 5.63 Å². The van der Waals surface area contributed by atoms with Gasteiger partial charge in [0.2, 0.25) is 0 Å². The van der Waals surface area contributed by atoms with Crippen LogP contribution in [0.4, 0.5) is 0 Å². The summed E-state index contributed by atoms with van der Waals surface area (Å²) in [6.45, 7) is 1.65. The van der Waals surface area contributed by atoms with Crippen LogP contribution in [0.1, 0.15) is 30.0 Å². The van der Waals surface area contributed by atoms with Gasteiger partial charge in [0.25, 0.3) is 0 Å². The second-order valence-corrected chi connectivity index (χ2v) is 6.67. The van der Waals surface area contributed by atoms with Crippen LogP contribution in [0.15, 0.2) is 57.7 Å². The van der Waals surface area contributed by atoms with Crippen molar-refractivity contribution in [2.75, 3.05) is 13.7 Å². The van der Waals surface area contributed by atoms with E-state index in [0.29, 0.717) is 18.2 Å². The first-order valence-corrected chi connectivity index (χ1v) is 8.78. The number of hydrogen-bond acceptors (Lipinski definition) is 5. The molecule has 1 aliphatic rings. The fraction of sp³-hybridized carbons (Fsp3) is 0.286.